The van der Waals surface area contributed by atoms with E-state index in [0.717, 1.165) is 12.2 Å². The van der Waals surface area contributed by atoms with Crippen molar-refractivity contribution in [2.75, 3.05) is 18.1 Å². The minimum atomic E-state index is -5.08. The maximum atomic E-state index is 11.6. The molecule has 1 amide bonds. The average Bonchev–Trinajstić information content (AvgIpc) is 2.59. The third kappa shape index (κ3) is 16.0. The van der Waals surface area contributed by atoms with Crippen LogP contribution in [0.5, 0.6) is 0 Å². The van der Waals surface area contributed by atoms with Gasteiger partial charge in [0, 0.05) is 24.5 Å². The Morgan fingerprint density at radius 2 is 1.52 bits per heavy atom. The normalized spacial score (nSPS) is 10.5. The second kappa shape index (κ2) is 14.2. The molecule has 0 bridgehead atoms. The summed E-state index contributed by atoms with van der Waals surface area (Å²) < 4.78 is 31.7. The molecule has 3 N–H and O–H groups in total. The Kier molecular flexibility index (Phi) is 13.2. The number of rotatable bonds is 10. The zero-order chi connectivity index (χ0) is 20.7. The van der Waals surface area contributed by atoms with Crippen molar-refractivity contribution in [3.05, 3.63) is 35.9 Å². The van der Waals surface area contributed by atoms with E-state index < -0.39 is 18.1 Å². The molecule has 0 heterocycles. The molecule has 11 heteroatoms. The Hall–Kier alpha value is -1.88. The number of aliphatic carboxylic acids is 2. The first kappa shape index (κ1) is 25.1. The Morgan fingerprint density at radius 1 is 0.963 bits per heavy atom. The smallest absolute Gasteiger partial charge is 0.481 e. The topological polar surface area (TPSA) is 104 Å². The Morgan fingerprint density at radius 3 is 2.04 bits per heavy atom. The van der Waals surface area contributed by atoms with E-state index in [1.54, 1.807) is 10.8 Å². The molecule has 0 saturated heterocycles. The molecule has 0 spiro atoms. The highest BCUT2D eigenvalue weighted by atomic mass is 33.1. The van der Waals surface area contributed by atoms with Crippen LogP contribution in [0.3, 0.4) is 0 Å². The SMILES string of the molecule is O=C(O)C(F)(F)F.O=C(O)CCSSCCNC(=O)CCc1ccccc1. The van der Waals surface area contributed by atoms with Crippen LogP contribution in [0, 0.1) is 0 Å². The van der Waals surface area contributed by atoms with E-state index in [-0.39, 0.29) is 12.3 Å². The van der Waals surface area contributed by atoms with Crippen LogP contribution in [-0.4, -0.2) is 52.3 Å². The van der Waals surface area contributed by atoms with E-state index in [9.17, 15) is 22.8 Å². The van der Waals surface area contributed by atoms with Crippen molar-refractivity contribution in [1.29, 1.82) is 0 Å². The van der Waals surface area contributed by atoms with Crippen molar-refractivity contribution >= 4 is 39.4 Å². The summed E-state index contributed by atoms with van der Waals surface area (Å²) in [6, 6.07) is 9.93. The maximum absolute atomic E-state index is 11.6. The molecular formula is C16H20F3NO5S2. The minimum absolute atomic E-state index is 0.0602. The first-order valence-electron chi connectivity index (χ1n) is 7.70. The van der Waals surface area contributed by atoms with Crippen molar-refractivity contribution in [3.63, 3.8) is 0 Å². The van der Waals surface area contributed by atoms with Crippen LogP contribution >= 0.6 is 21.6 Å². The van der Waals surface area contributed by atoms with Gasteiger partial charge in [-0.2, -0.15) is 13.2 Å². The first-order valence-corrected chi connectivity index (χ1v) is 10.2. The van der Waals surface area contributed by atoms with E-state index in [1.807, 2.05) is 30.3 Å². The zero-order valence-corrected chi connectivity index (χ0v) is 15.8. The number of carbonyl (C=O) groups excluding carboxylic acids is 1. The predicted octanol–water partition coefficient (Wildman–Crippen LogP) is 3.22. The van der Waals surface area contributed by atoms with E-state index in [4.69, 9.17) is 15.0 Å². The van der Waals surface area contributed by atoms with Gasteiger partial charge in [-0.25, -0.2) is 4.79 Å². The maximum Gasteiger partial charge on any atom is 0.490 e. The van der Waals surface area contributed by atoms with Crippen molar-refractivity contribution in [1.82, 2.24) is 5.32 Å². The number of hydrogen-bond donors (Lipinski definition) is 3. The fourth-order valence-corrected chi connectivity index (χ4v) is 3.36. The van der Waals surface area contributed by atoms with Crippen molar-refractivity contribution in [2.24, 2.45) is 0 Å². The van der Waals surface area contributed by atoms with E-state index >= 15 is 0 Å². The van der Waals surface area contributed by atoms with Crippen LogP contribution < -0.4 is 5.32 Å². The van der Waals surface area contributed by atoms with Gasteiger partial charge in [0.15, 0.2) is 0 Å². The number of carboxylic acid groups (broad SMARTS) is 2. The van der Waals surface area contributed by atoms with Crippen LogP contribution in [0.25, 0.3) is 0 Å². The number of halogens is 3. The van der Waals surface area contributed by atoms with Crippen molar-refractivity contribution in [2.45, 2.75) is 25.4 Å². The summed E-state index contributed by atoms with van der Waals surface area (Å²) in [6.07, 6.45) is -3.64. The molecule has 0 aliphatic rings. The molecule has 1 aromatic carbocycles. The molecule has 0 aliphatic carbocycles. The highest BCUT2D eigenvalue weighted by Gasteiger charge is 2.38. The summed E-state index contributed by atoms with van der Waals surface area (Å²) >= 11 is 0. The molecular weight excluding hydrogens is 407 g/mol. The van der Waals surface area contributed by atoms with E-state index in [2.05, 4.69) is 5.32 Å². The zero-order valence-electron chi connectivity index (χ0n) is 14.2. The third-order valence-corrected chi connectivity index (χ3v) is 5.12. The highest BCUT2D eigenvalue weighted by Crippen LogP contribution is 2.20. The number of hydrogen-bond acceptors (Lipinski definition) is 5. The van der Waals surface area contributed by atoms with Crippen LogP contribution in [-0.2, 0) is 20.8 Å². The van der Waals surface area contributed by atoms with Gasteiger partial charge >= 0.3 is 18.1 Å². The predicted molar refractivity (Wildman–Crippen MR) is 98.6 cm³/mol. The number of benzene rings is 1. The summed E-state index contributed by atoms with van der Waals surface area (Å²) in [5.41, 5.74) is 1.17. The molecule has 0 aliphatic heterocycles. The molecule has 0 fully saturated rings. The Labute approximate surface area is 162 Å². The summed E-state index contributed by atoms with van der Waals surface area (Å²) in [4.78, 5) is 30.8. The summed E-state index contributed by atoms with van der Waals surface area (Å²) in [5.74, 6) is -2.08. The molecule has 0 radical (unpaired) electrons. The lowest BCUT2D eigenvalue weighted by Gasteiger charge is -2.05. The summed E-state index contributed by atoms with van der Waals surface area (Å²) in [5, 5.41) is 18.5. The molecule has 152 valence electrons. The number of nitrogens with one attached hydrogen (secondary N) is 1. The van der Waals surface area contributed by atoms with Crippen LogP contribution in [0.2, 0.25) is 0 Å². The van der Waals surface area contributed by atoms with Crippen LogP contribution in [0.1, 0.15) is 18.4 Å². The van der Waals surface area contributed by atoms with Crippen LogP contribution in [0.15, 0.2) is 30.3 Å². The van der Waals surface area contributed by atoms with Gasteiger partial charge in [0.1, 0.15) is 0 Å². The molecule has 27 heavy (non-hydrogen) atoms. The number of aryl methyl sites for hydroxylation is 1. The summed E-state index contributed by atoms with van der Waals surface area (Å²) in [7, 11) is 3.12. The van der Waals surface area contributed by atoms with Gasteiger partial charge in [0.2, 0.25) is 5.91 Å². The second-order valence-corrected chi connectivity index (χ2v) is 7.63. The molecule has 0 unspecified atom stereocenters. The van der Waals surface area contributed by atoms with E-state index in [0.29, 0.717) is 18.7 Å². The fourth-order valence-electron chi connectivity index (χ4n) is 1.47. The lowest BCUT2D eigenvalue weighted by atomic mass is 10.1. The van der Waals surface area contributed by atoms with E-state index in [1.165, 1.54) is 16.4 Å². The quantitative estimate of drug-likeness (QED) is 0.389. The summed E-state index contributed by atoms with van der Waals surface area (Å²) in [6.45, 7) is 0.623. The Balaban J connectivity index is 0.000000821. The van der Waals surface area contributed by atoms with Gasteiger partial charge in [-0.15, -0.1) is 0 Å². The molecule has 1 aromatic rings. The van der Waals surface area contributed by atoms with Gasteiger partial charge < -0.3 is 15.5 Å². The molecule has 6 nitrogen and oxygen atoms in total. The number of carbonyl (C=O) groups is 3. The standard InChI is InChI=1S/C14H19NO3S2.C2HF3O2/c16-13(7-6-12-4-2-1-3-5-12)15-9-11-20-19-10-8-14(17)18;3-2(4,5)1(6)7/h1-5H,6-11H2,(H,15,16)(H,17,18);(H,6,7). The third-order valence-electron chi connectivity index (χ3n) is 2.72. The second-order valence-electron chi connectivity index (χ2n) is 4.93. The van der Waals surface area contributed by atoms with Gasteiger partial charge in [-0.3, -0.25) is 9.59 Å². The first-order chi connectivity index (χ1) is 12.6. The number of amides is 1. The number of alkyl halides is 3. The highest BCUT2D eigenvalue weighted by molar-refractivity contribution is 8.76. The van der Waals surface area contributed by atoms with Crippen molar-refractivity contribution in [3.8, 4) is 0 Å². The molecule has 0 aromatic heterocycles. The Bertz CT molecular complexity index is 585. The lowest BCUT2D eigenvalue weighted by Crippen LogP contribution is -2.25. The fraction of sp³-hybridized carbons (Fsp3) is 0.438. The van der Waals surface area contributed by atoms with Gasteiger partial charge in [0.25, 0.3) is 0 Å². The molecule has 1 rings (SSSR count). The number of carboxylic acids is 2. The van der Waals surface area contributed by atoms with Crippen molar-refractivity contribution < 1.29 is 37.8 Å². The lowest BCUT2D eigenvalue weighted by molar-refractivity contribution is -0.192. The van der Waals surface area contributed by atoms with Crippen LogP contribution in [0.4, 0.5) is 13.2 Å². The average molecular weight is 427 g/mol. The monoisotopic (exact) mass is 427 g/mol. The molecule has 0 atom stereocenters. The van der Waals surface area contributed by atoms with Gasteiger partial charge in [-0.05, 0) is 12.0 Å². The van der Waals surface area contributed by atoms with Gasteiger partial charge in [0.05, 0.1) is 6.42 Å². The minimum Gasteiger partial charge on any atom is -0.481 e. The molecule has 0 saturated carbocycles. The van der Waals surface area contributed by atoms with Gasteiger partial charge in [-0.1, -0.05) is 51.9 Å². The largest absolute Gasteiger partial charge is 0.490 e.